The number of aryl methyl sites for hydroxylation is 2. The fourth-order valence-electron chi connectivity index (χ4n) is 4.13. The number of amides is 3. The predicted molar refractivity (Wildman–Crippen MR) is 100 cm³/mol. The number of rotatable bonds is 5. The van der Waals surface area contributed by atoms with Crippen LogP contribution in [0.2, 0.25) is 0 Å². The minimum absolute atomic E-state index is 0.161. The Labute approximate surface area is 155 Å². The van der Waals surface area contributed by atoms with Gasteiger partial charge in [-0.25, -0.2) is 4.79 Å². The van der Waals surface area contributed by atoms with E-state index in [-0.39, 0.29) is 18.2 Å². The molecule has 1 N–H and O–H groups in total. The van der Waals surface area contributed by atoms with E-state index in [9.17, 15) is 14.4 Å². The lowest BCUT2D eigenvalue weighted by atomic mass is 9.90. The van der Waals surface area contributed by atoms with Crippen LogP contribution in [0.1, 0.15) is 73.9 Å². The molecular formula is C21H28N2O3. The van der Waals surface area contributed by atoms with Gasteiger partial charge >= 0.3 is 6.03 Å². The van der Waals surface area contributed by atoms with Gasteiger partial charge < -0.3 is 5.32 Å². The van der Waals surface area contributed by atoms with Crippen molar-refractivity contribution in [3.05, 3.63) is 34.9 Å². The standard InChI is InChI=1S/C21H28N2O3/c1-3-15-9-10-16(4-2)17(13-15)18(24)14-23-19(25)21(22-20(23)26)11-7-5-6-8-12-21/h9-10,13H,3-8,11-12,14H2,1-2H3,(H,22,26). The number of carbonyl (C=O) groups is 3. The second-order valence-electron chi connectivity index (χ2n) is 7.44. The summed E-state index contributed by atoms with van der Waals surface area (Å²) in [5, 5.41) is 2.90. The number of carbonyl (C=O) groups excluding carboxylic acids is 3. The zero-order chi connectivity index (χ0) is 18.7. The first-order valence-electron chi connectivity index (χ1n) is 9.80. The SMILES string of the molecule is CCc1ccc(CC)c(C(=O)CN2C(=O)NC3(CCCCCC3)C2=O)c1. The highest BCUT2D eigenvalue weighted by molar-refractivity contribution is 6.11. The van der Waals surface area contributed by atoms with E-state index >= 15 is 0 Å². The Morgan fingerprint density at radius 2 is 1.77 bits per heavy atom. The lowest BCUT2D eigenvalue weighted by Gasteiger charge is -2.24. The molecule has 2 fully saturated rings. The van der Waals surface area contributed by atoms with Crippen molar-refractivity contribution in [2.24, 2.45) is 0 Å². The zero-order valence-corrected chi connectivity index (χ0v) is 15.8. The summed E-state index contributed by atoms with van der Waals surface area (Å²) in [5.41, 5.74) is 1.90. The largest absolute Gasteiger partial charge is 0.325 e. The fraction of sp³-hybridized carbons (Fsp3) is 0.571. The Balaban J connectivity index is 1.81. The van der Waals surface area contributed by atoms with Gasteiger partial charge in [0.25, 0.3) is 5.91 Å². The molecule has 0 unspecified atom stereocenters. The molecule has 1 spiro atoms. The molecule has 1 aliphatic carbocycles. The van der Waals surface area contributed by atoms with Crippen molar-refractivity contribution in [3.63, 3.8) is 0 Å². The normalized spacial score (nSPS) is 19.5. The number of nitrogens with one attached hydrogen (secondary N) is 1. The smallest absolute Gasteiger partial charge is 0.323 e. The minimum atomic E-state index is -0.785. The number of benzene rings is 1. The van der Waals surface area contributed by atoms with Gasteiger partial charge in [-0.3, -0.25) is 14.5 Å². The number of Topliss-reactive ketones (excluding diaryl/α,β-unsaturated/α-hetero) is 1. The van der Waals surface area contributed by atoms with Gasteiger partial charge in [0.05, 0.1) is 6.54 Å². The van der Waals surface area contributed by atoms with E-state index in [1.165, 1.54) is 0 Å². The van der Waals surface area contributed by atoms with Crippen LogP contribution in [0, 0.1) is 0 Å². The lowest BCUT2D eigenvalue weighted by Crippen LogP contribution is -2.46. The molecule has 5 heteroatoms. The zero-order valence-electron chi connectivity index (χ0n) is 15.8. The number of ketones is 1. The Morgan fingerprint density at radius 3 is 2.38 bits per heavy atom. The molecule has 1 aliphatic heterocycles. The molecule has 0 aromatic heterocycles. The lowest BCUT2D eigenvalue weighted by molar-refractivity contribution is -0.131. The van der Waals surface area contributed by atoms with Gasteiger partial charge in [-0.15, -0.1) is 0 Å². The van der Waals surface area contributed by atoms with E-state index in [1.807, 2.05) is 32.0 Å². The Kier molecular flexibility index (Phi) is 5.44. The molecule has 3 rings (SSSR count). The molecule has 140 valence electrons. The van der Waals surface area contributed by atoms with Gasteiger partial charge in [-0.2, -0.15) is 0 Å². The maximum atomic E-state index is 13.0. The first kappa shape index (κ1) is 18.6. The van der Waals surface area contributed by atoms with Crippen LogP contribution in [0.4, 0.5) is 4.79 Å². The highest BCUT2D eigenvalue weighted by Gasteiger charge is 2.51. The van der Waals surface area contributed by atoms with Crippen molar-refractivity contribution in [2.45, 2.75) is 70.8 Å². The third-order valence-electron chi connectivity index (χ3n) is 5.77. The van der Waals surface area contributed by atoms with Gasteiger partial charge in [-0.05, 0) is 42.9 Å². The summed E-state index contributed by atoms with van der Waals surface area (Å²) < 4.78 is 0. The van der Waals surface area contributed by atoms with E-state index in [0.717, 1.165) is 54.6 Å². The molecule has 1 saturated heterocycles. The number of urea groups is 1. The Morgan fingerprint density at radius 1 is 1.08 bits per heavy atom. The van der Waals surface area contributed by atoms with Crippen LogP contribution >= 0.6 is 0 Å². The van der Waals surface area contributed by atoms with Crippen LogP contribution in [-0.4, -0.2) is 34.7 Å². The van der Waals surface area contributed by atoms with Crippen LogP contribution in [0.5, 0.6) is 0 Å². The number of imide groups is 1. The van der Waals surface area contributed by atoms with Gasteiger partial charge in [0.15, 0.2) is 5.78 Å². The molecule has 1 saturated carbocycles. The second kappa shape index (κ2) is 7.60. The van der Waals surface area contributed by atoms with E-state index < -0.39 is 11.6 Å². The van der Waals surface area contributed by atoms with Gasteiger partial charge in [0.2, 0.25) is 0 Å². The average molecular weight is 356 g/mol. The van der Waals surface area contributed by atoms with Crippen molar-refractivity contribution in [2.75, 3.05) is 6.54 Å². The molecule has 0 atom stereocenters. The van der Waals surface area contributed by atoms with Crippen LogP contribution in [0.25, 0.3) is 0 Å². The minimum Gasteiger partial charge on any atom is -0.323 e. The summed E-state index contributed by atoms with van der Waals surface area (Å²) in [5.74, 6) is -0.381. The van der Waals surface area contributed by atoms with Crippen LogP contribution in [0.15, 0.2) is 18.2 Å². The molecule has 2 aliphatic rings. The van der Waals surface area contributed by atoms with Crippen molar-refractivity contribution < 1.29 is 14.4 Å². The van der Waals surface area contributed by atoms with Gasteiger partial charge in [0.1, 0.15) is 5.54 Å². The molecule has 0 radical (unpaired) electrons. The first-order chi connectivity index (χ1) is 12.5. The quantitative estimate of drug-likeness (QED) is 0.647. The number of nitrogens with zero attached hydrogens (tertiary/aromatic N) is 1. The van der Waals surface area contributed by atoms with Crippen LogP contribution in [-0.2, 0) is 17.6 Å². The van der Waals surface area contributed by atoms with E-state index in [4.69, 9.17) is 0 Å². The molecule has 0 bridgehead atoms. The molecule has 1 heterocycles. The van der Waals surface area contributed by atoms with Gasteiger partial charge in [-0.1, -0.05) is 51.7 Å². The highest BCUT2D eigenvalue weighted by Crippen LogP contribution is 2.32. The molecule has 3 amide bonds. The summed E-state index contributed by atoms with van der Waals surface area (Å²) in [6.07, 6.45) is 6.99. The second-order valence-corrected chi connectivity index (χ2v) is 7.44. The summed E-state index contributed by atoms with van der Waals surface area (Å²) in [4.78, 5) is 39.5. The van der Waals surface area contributed by atoms with Crippen LogP contribution in [0.3, 0.4) is 0 Å². The van der Waals surface area contributed by atoms with E-state index in [1.54, 1.807) is 0 Å². The monoisotopic (exact) mass is 356 g/mol. The molecule has 1 aromatic rings. The summed E-state index contributed by atoms with van der Waals surface area (Å²) in [6, 6.07) is 5.49. The third-order valence-corrected chi connectivity index (χ3v) is 5.77. The third kappa shape index (κ3) is 3.39. The van der Waals surface area contributed by atoms with Crippen molar-refractivity contribution in [3.8, 4) is 0 Å². The average Bonchev–Trinajstić information content (AvgIpc) is 2.82. The predicted octanol–water partition coefficient (Wildman–Crippen LogP) is 3.64. The van der Waals surface area contributed by atoms with Gasteiger partial charge in [0, 0.05) is 5.56 Å². The maximum Gasteiger partial charge on any atom is 0.325 e. The van der Waals surface area contributed by atoms with Crippen LogP contribution < -0.4 is 5.32 Å². The van der Waals surface area contributed by atoms with E-state index in [2.05, 4.69) is 5.32 Å². The van der Waals surface area contributed by atoms with Crippen molar-refractivity contribution in [1.29, 1.82) is 0 Å². The Hall–Kier alpha value is -2.17. The summed E-state index contributed by atoms with van der Waals surface area (Å²) >= 11 is 0. The fourth-order valence-corrected chi connectivity index (χ4v) is 4.13. The van der Waals surface area contributed by atoms with Crippen molar-refractivity contribution in [1.82, 2.24) is 10.2 Å². The molecule has 5 nitrogen and oxygen atoms in total. The molecule has 26 heavy (non-hydrogen) atoms. The number of hydrogen-bond donors (Lipinski definition) is 1. The highest BCUT2D eigenvalue weighted by atomic mass is 16.2. The summed E-state index contributed by atoms with van der Waals surface area (Å²) in [7, 11) is 0. The first-order valence-corrected chi connectivity index (χ1v) is 9.80. The van der Waals surface area contributed by atoms with Crippen molar-refractivity contribution >= 4 is 17.7 Å². The van der Waals surface area contributed by atoms with E-state index in [0.29, 0.717) is 18.4 Å². The Bertz CT molecular complexity index is 718. The molecular weight excluding hydrogens is 328 g/mol. The summed E-state index contributed by atoms with van der Waals surface area (Å²) in [6.45, 7) is 3.88. The molecule has 1 aromatic carbocycles. The topological polar surface area (TPSA) is 66.5 Å². The number of hydrogen-bond acceptors (Lipinski definition) is 3. The maximum absolute atomic E-state index is 13.0.